The molecule has 0 aliphatic rings. The molecule has 8 nitrogen and oxygen atoms in total. The Morgan fingerprint density at radius 1 is 1.00 bits per heavy atom. The lowest BCUT2D eigenvalue weighted by molar-refractivity contribution is 0.0635. The molecule has 8 heteroatoms. The first-order valence-corrected chi connectivity index (χ1v) is 7.63. The second-order valence-electron chi connectivity index (χ2n) is 6.12. The van der Waals surface area contributed by atoms with Gasteiger partial charge in [-0.05, 0) is 45.0 Å². The highest BCUT2D eigenvalue weighted by molar-refractivity contribution is 5.83. The number of nitrogens with zero attached hydrogens (tertiary/aromatic N) is 2. The number of hydrogen-bond acceptors (Lipinski definition) is 7. The summed E-state index contributed by atoms with van der Waals surface area (Å²) in [4.78, 5) is 11.7. The van der Waals surface area contributed by atoms with Crippen LogP contribution in [-0.4, -0.2) is 36.1 Å². The molecule has 1 amide bonds. The van der Waals surface area contributed by atoms with E-state index in [2.05, 4.69) is 20.8 Å². The predicted molar refractivity (Wildman–Crippen MR) is 94.7 cm³/mol. The van der Waals surface area contributed by atoms with Gasteiger partial charge in [0.2, 0.25) is 0 Å². The maximum absolute atomic E-state index is 11.7. The van der Waals surface area contributed by atoms with Crippen LogP contribution in [0, 0.1) is 0 Å². The SMILES string of the molecule is COc1ccc(Nc2ccc(NC(=O)OC(C)(C)C)nn2)c(OC)c1. The van der Waals surface area contributed by atoms with Gasteiger partial charge in [0.15, 0.2) is 11.6 Å². The maximum atomic E-state index is 11.7. The zero-order valence-corrected chi connectivity index (χ0v) is 14.9. The van der Waals surface area contributed by atoms with Gasteiger partial charge in [-0.25, -0.2) is 4.79 Å². The predicted octanol–water partition coefficient (Wildman–Crippen LogP) is 3.58. The van der Waals surface area contributed by atoms with Gasteiger partial charge in [0, 0.05) is 6.07 Å². The van der Waals surface area contributed by atoms with Gasteiger partial charge >= 0.3 is 6.09 Å². The van der Waals surface area contributed by atoms with Crippen molar-refractivity contribution in [3.05, 3.63) is 30.3 Å². The molecule has 0 unspecified atom stereocenters. The molecular formula is C17H22N4O4. The first-order chi connectivity index (χ1) is 11.8. The van der Waals surface area contributed by atoms with Gasteiger partial charge in [-0.3, -0.25) is 5.32 Å². The van der Waals surface area contributed by atoms with Crippen LogP contribution < -0.4 is 20.1 Å². The zero-order valence-electron chi connectivity index (χ0n) is 14.9. The number of rotatable bonds is 5. The molecular weight excluding hydrogens is 324 g/mol. The number of ether oxygens (including phenoxy) is 3. The summed E-state index contributed by atoms with van der Waals surface area (Å²) in [6, 6.07) is 8.68. The minimum Gasteiger partial charge on any atom is -0.497 e. The number of amides is 1. The highest BCUT2D eigenvalue weighted by atomic mass is 16.6. The Morgan fingerprint density at radius 3 is 2.24 bits per heavy atom. The quantitative estimate of drug-likeness (QED) is 0.854. The summed E-state index contributed by atoms with van der Waals surface area (Å²) in [6.07, 6.45) is -0.584. The van der Waals surface area contributed by atoms with Crippen LogP contribution in [0.25, 0.3) is 0 Å². The molecule has 2 aromatic rings. The second kappa shape index (κ2) is 7.69. The number of benzene rings is 1. The van der Waals surface area contributed by atoms with Crippen molar-refractivity contribution in [2.45, 2.75) is 26.4 Å². The van der Waals surface area contributed by atoms with Crippen LogP contribution in [0.2, 0.25) is 0 Å². The third-order valence-electron chi connectivity index (χ3n) is 2.96. The summed E-state index contributed by atoms with van der Waals surface area (Å²) >= 11 is 0. The minimum absolute atomic E-state index is 0.293. The highest BCUT2D eigenvalue weighted by Gasteiger charge is 2.16. The topological polar surface area (TPSA) is 94.6 Å². The van der Waals surface area contributed by atoms with Gasteiger partial charge in [-0.2, -0.15) is 0 Å². The molecule has 1 aromatic carbocycles. The Morgan fingerprint density at radius 2 is 1.68 bits per heavy atom. The largest absolute Gasteiger partial charge is 0.497 e. The Balaban J connectivity index is 2.04. The van der Waals surface area contributed by atoms with E-state index in [0.29, 0.717) is 28.8 Å². The van der Waals surface area contributed by atoms with Crippen LogP contribution in [0.1, 0.15) is 20.8 Å². The summed E-state index contributed by atoms with van der Waals surface area (Å²) < 4.78 is 15.6. The third-order valence-corrected chi connectivity index (χ3v) is 2.96. The van der Waals surface area contributed by atoms with Crippen LogP contribution in [0.3, 0.4) is 0 Å². The molecule has 0 radical (unpaired) electrons. The first kappa shape index (κ1) is 18.3. The van der Waals surface area contributed by atoms with Crippen LogP contribution in [0.5, 0.6) is 11.5 Å². The molecule has 2 N–H and O–H groups in total. The van der Waals surface area contributed by atoms with E-state index in [-0.39, 0.29) is 0 Å². The van der Waals surface area contributed by atoms with Crippen LogP contribution in [0.4, 0.5) is 22.1 Å². The lowest BCUT2D eigenvalue weighted by Gasteiger charge is -2.19. The van der Waals surface area contributed by atoms with E-state index < -0.39 is 11.7 Å². The molecule has 0 saturated carbocycles. The van der Waals surface area contributed by atoms with Crippen molar-refractivity contribution in [1.29, 1.82) is 0 Å². The summed E-state index contributed by atoms with van der Waals surface area (Å²) in [7, 11) is 3.16. The Labute approximate surface area is 146 Å². The first-order valence-electron chi connectivity index (χ1n) is 7.63. The molecule has 1 heterocycles. The third kappa shape index (κ3) is 5.52. The summed E-state index contributed by atoms with van der Waals surface area (Å²) in [5.41, 5.74) is 0.134. The number of carbonyl (C=O) groups is 1. The number of anilines is 3. The molecule has 0 fully saturated rings. The van der Waals surface area contributed by atoms with Gasteiger partial charge in [-0.15, -0.1) is 10.2 Å². The number of hydrogen-bond donors (Lipinski definition) is 2. The van der Waals surface area contributed by atoms with E-state index in [1.54, 1.807) is 59.3 Å². The smallest absolute Gasteiger partial charge is 0.413 e. The molecule has 134 valence electrons. The lowest BCUT2D eigenvalue weighted by atomic mass is 10.2. The molecule has 25 heavy (non-hydrogen) atoms. The standard InChI is InChI=1S/C17H22N4O4/c1-17(2,3)25-16(22)19-15-9-8-14(20-21-15)18-12-7-6-11(23-4)10-13(12)24-5/h6-10H,1-5H3,(H,18,20)(H,19,21,22). The number of methoxy groups -OCH3 is 2. The van der Waals surface area contributed by atoms with Crippen LogP contribution in [0.15, 0.2) is 30.3 Å². The lowest BCUT2D eigenvalue weighted by Crippen LogP contribution is -2.27. The Bertz CT molecular complexity index is 726. The van der Waals surface area contributed by atoms with E-state index in [1.165, 1.54) is 0 Å². The zero-order chi connectivity index (χ0) is 18.4. The summed E-state index contributed by atoms with van der Waals surface area (Å²) in [5, 5.41) is 13.6. The normalized spacial score (nSPS) is 10.8. The van der Waals surface area contributed by atoms with Crippen molar-refractivity contribution < 1.29 is 19.0 Å². The number of aromatic nitrogens is 2. The molecule has 0 atom stereocenters. The average Bonchev–Trinajstić information content (AvgIpc) is 2.55. The van der Waals surface area contributed by atoms with Crippen molar-refractivity contribution >= 4 is 23.4 Å². The minimum atomic E-state index is -0.584. The molecule has 0 bridgehead atoms. The summed E-state index contributed by atoms with van der Waals surface area (Å²) in [6.45, 7) is 5.36. The molecule has 0 aliphatic heterocycles. The molecule has 1 aromatic heterocycles. The van der Waals surface area contributed by atoms with E-state index in [0.717, 1.165) is 0 Å². The maximum Gasteiger partial charge on any atom is 0.413 e. The van der Waals surface area contributed by atoms with Gasteiger partial charge < -0.3 is 19.5 Å². The van der Waals surface area contributed by atoms with Crippen molar-refractivity contribution in [1.82, 2.24) is 10.2 Å². The van der Waals surface area contributed by atoms with E-state index in [9.17, 15) is 4.79 Å². The highest BCUT2D eigenvalue weighted by Crippen LogP contribution is 2.30. The van der Waals surface area contributed by atoms with Gasteiger partial charge in [0.1, 0.15) is 17.1 Å². The van der Waals surface area contributed by atoms with Crippen molar-refractivity contribution in [2.75, 3.05) is 24.9 Å². The molecule has 0 spiro atoms. The summed E-state index contributed by atoms with van der Waals surface area (Å²) in [5.74, 6) is 2.09. The Kier molecular flexibility index (Phi) is 5.63. The fourth-order valence-corrected chi connectivity index (χ4v) is 1.91. The monoisotopic (exact) mass is 346 g/mol. The van der Waals surface area contributed by atoms with Crippen molar-refractivity contribution in [3.63, 3.8) is 0 Å². The van der Waals surface area contributed by atoms with Crippen LogP contribution in [-0.2, 0) is 4.74 Å². The fraction of sp³-hybridized carbons (Fsp3) is 0.353. The van der Waals surface area contributed by atoms with E-state index >= 15 is 0 Å². The number of carbonyl (C=O) groups excluding carboxylic acids is 1. The van der Waals surface area contributed by atoms with Crippen LogP contribution >= 0.6 is 0 Å². The van der Waals surface area contributed by atoms with E-state index in [4.69, 9.17) is 14.2 Å². The molecule has 2 rings (SSSR count). The van der Waals surface area contributed by atoms with Gasteiger partial charge in [0.25, 0.3) is 0 Å². The Hall–Kier alpha value is -3.03. The van der Waals surface area contributed by atoms with Gasteiger partial charge in [-0.1, -0.05) is 0 Å². The van der Waals surface area contributed by atoms with E-state index in [1.807, 2.05) is 6.07 Å². The van der Waals surface area contributed by atoms with Crippen molar-refractivity contribution in [2.24, 2.45) is 0 Å². The second-order valence-corrected chi connectivity index (χ2v) is 6.12. The molecule has 0 saturated heterocycles. The van der Waals surface area contributed by atoms with Gasteiger partial charge in [0.05, 0.1) is 19.9 Å². The fourth-order valence-electron chi connectivity index (χ4n) is 1.91. The number of nitrogens with one attached hydrogen (secondary N) is 2. The average molecular weight is 346 g/mol. The molecule has 0 aliphatic carbocycles. The van der Waals surface area contributed by atoms with Crippen molar-refractivity contribution in [3.8, 4) is 11.5 Å².